The van der Waals surface area contributed by atoms with Crippen molar-refractivity contribution in [1.82, 2.24) is 0 Å². The Morgan fingerprint density at radius 2 is 0.975 bits per heavy atom. The van der Waals surface area contributed by atoms with E-state index in [2.05, 4.69) is 39.8 Å². The second-order valence-corrected chi connectivity index (χ2v) is 14.7. The summed E-state index contributed by atoms with van der Waals surface area (Å²) >= 11 is 0. The predicted molar refractivity (Wildman–Crippen MR) is 166 cm³/mol. The van der Waals surface area contributed by atoms with Crippen molar-refractivity contribution < 1.29 is 19.8 Å². The highest BCUT2D eigenvalue weighted by Crippen LogP contribution is 2.42. The van der Waals surface area contributed by atoms with Crippen molar-refractivity contribution in [2.45, 2.75) is 93.9 Å². The van der Waals surface area contributed by atoms with Crippen LogP contribution in [0.2, 0.25) is 0 Å². The van der Waals surface area contributed by atoms with Crippen LogP contribution in [-0.4, -0.2) is 35.0 Å². The van der Waals surface area contributed by atoms with Gasteiger partial charge in [-0.05, 0) is 71.6 Å². The third-order valence-electron chi connectivity index (χ3n) is 8.16. The molecule has 0 heterocycles. The van der Waals surface area contributed by atoms with E-state index in [0.29, 0.717) is 24.0 Å². The van der Waals surface area contributed by atoms with Gasteiger partial charge in [-0.25, -0.2) is 0 Å². The maximum Gasteiger partial charge on any atom is 0.189 e. The number of Topliss-reactive ketones (excluding diaryl/α,β-unsaturated/α-hetero) is 2. The molecule has 0 aromatic heterocycles. The highest BCUT2D eigenvalue weighted by Gasteiger charge is 2.33. The molecule has 0 fully saturated rings. The van der Waals surface area contributed by atoms with Crippen molar-refractivity contribution in [2.75, 3.05) is 13.2 Å². The maximum absolute atomic E-state index is 13.9. The van der Waals surface area contributed by atoms with E-state index in [-0.39, 0.29) is 46.4 Å². The molecule has 0 bridgehead atoms. The third-order valence-corrected chi connectivity index (χ3v) is 8.16. The van der Waals surface area contributed by atoms with Crippen LogP contribution in [0.3, 0.4) is 0 Å². The molecule has 0 saturated carbocycles. The average molecular weight is 547 g/mol. The van der Waals surface area contributed by atoms with Gasteiger partial charge in [0.15, 0.2) is 11.6 Å². The quantitative estimate of drug-likeness (QED) is 0.279. The van der Waals surface area contributed by atoms with Gasteiger partial charge in [-0.2, -0.15) is 0 Å². The van der Waals surface area contributed by atoms with E-state index in [1.807, 2.05) is 64.1 Å². The molecule has 0 aliphatic heterocycles. The van der Waals surface area contributed by atoms with Crippen LogP contribution in [0.15, 0.2) is 59.7 Å². The van der Waals surface area contributed by atoms with Gasteiger partial charge in [-0.3, -0.25) is 9.59 Å². The molecule has 2 aliphatic rings. The first-order chi connectivity index (χ1) is 18.5. The lowest BCUT2D eigenvalue weighted by atomic mass is 9.73. The van der Waals surface area contributed by atoms with E-state index in [1.165, 1.54) is 0 Å². The second-order valence-electron chi connectivity index (χ2n) is 14.7. The van der Waals surface area contributed by atoms with Crippen molar-refractivity contribution in [2.24, 2.45) is 21.7 Å². The molecule has 1 aromatic rings. The number of allylic oxidation sites excluding steroid dienone is 8. The molecular formula is C36H50O4. The summed E-state index contributed by atoms with van der Waals surface area (Å²) in [6.45, 7) is 16.9. The Morgan fingerprint density at radius 1 is 0.625 bits per heavy atom. The summed E-state index contributed by atoms with van der Waals surface area (Å²) in [6.07, 6.45) is 12.9. The molecule has 40 heavy (non-hydrogen) atoms. The van der Waals surface area contributed by atoms with Crippen LogP contribution >= 0.6 is 0 Å². The fraction of sp³-hybridized carbons (Fsp3) is 0.556. The van der Waals surface area contributed by atoms with Gasteiger partial charge in [-0.15, -0.1) is 0 Å². The van der Waals surface area contributed by atoms with Crippen molar-refractivity contribution in [3.8, 4) is 0 Å². The van der Waals surface area contributed by atoms with Gasteiger partial charge >= 0.3 is 0 Å². The highest BCUT2D eigenvalue weighted by molar-refractivity contribution is 6.34. The topological polar surface area (TPSA) is 74.6 Å². The lowest BCUT2D eigenvalue weighted by molar-refractivity contribution is -0.111. The summed E-state index contributed by atoms with van der Waals surface area (Å²) in [5, 5.41) is 19.3. The molecule has 2 aliphatic carbocycles. The third kappa shape index (κ3) is 8.01. The van der Waals surface area contributed by atoms with Gasteiger partial charge in [0.1, 0.15) is 0 Å². The molecule has 0 radical (unpaired) electrons. The molecule has 218 valence electrons. The van der Waals surface area contributed by atoms with Crippen LogP contribution in [0.4, 0.5) is 0 Å². The molecular weight excluding hydrogens is 496 g/mol. The lowest BCUT2D eigenvalue weighted by Gasteiger charge is -2.30. The van der Waals surface area contributed by atoms with E-state index in [0.717, 1.165) is 48.0 Å². The zero-order chi connectivity index (χ0) is 29.9. The minimum atomic E-state index is -0.299. The second kappa shape index (κ2) is 12.1. The number of aliphatic hydroxyl groups is 2. The largest absolute Gasteiger partial charge is 0.396 e. The van der Waals surface area contributed by atoms with Gasteiger partial charge in [-0.1, -0.05) is 104 Å². The molecule has 0 saturated heterocycles. The van der Waals surface area contributed by atoms with E-state index >= 15 is 0 Å². The van der Waals surface area contributed by atoms with Crippen molar-refractivity contribution in [1.29, 1.82) is 0 Å². The number of ketones is 2. The van der Waals surface area contributed by atoms with Crippen molar-refractivity contribution >= 4 is 22.7 Å². The average Bonchev–Trinajstić information content (AvgIpc) is 2.87. The van der Waals surface area contributed by atoms with Crippen LogP contribution in [0.5, 0.6) is 0 Å². The van der Waals surface area contributed by atoms with E-state index in [1.54, 1.807) is 0 Å². The molecule has 3 rings (SSSR count). The zero-order valence-corrected chi connectivity index (χ0v) is 26.0. The number of rotatable bonds is 12. The predicted octanol–water partition coefficient (Wildman–Crippen LogP) is 7.90. The van der Waals surface area contributed by atoms with E-state index < -0.39 is 0 Å². The van der Waals surface area contributed by atoms with Gasteiger partial charge in [0.25, 0.3) is 0 Å². The number of carbonyl (C=O) groups is 2. The number of benzene rings is 1. The molecule has 1 aromatic carbocycles. The molecule has 0 unspecified atom stereocenters. The SMILES string of the molecule is CC1(C)C=C(CCCC(C)(C)CO)C(=O)C(c2ccccc2C2=CC(C)(C)C=C(CCCC(C)(C)CO)C2=O)=C1. The minimum Gasteiger partial charge on any atom is -0.396 e. The molecule has 4 heteroatoms. The Balaban J connectivity index is 1.93. The van der Waals surface area contributed by atoms with Crippen LogP contribution < -0.4 is 0 Å². The smallest absolute Gasteiger partial charge is 0.189 e. The minimum absolute atomic E-state index is 0.0266. The van der Waals surface area contributed by atoms with Crippen LogP contribution in [0, 0.1) is 21.7 Å². The van der Waals surface area contributed by atoms with Crippen LogP contribution in [-0.2, 0) is 9.59 Å². The van der Waals surface area contributed by atoms with Crippen LogP contribution in [0.25, 0.3) is 11.1 Å². The fourth-order valence-corrected chi connectivity index (χ4v) is 5.73. The van der Waals surface area contributed by atoms with Gasteiger partial charge in [0.2, 0.25) is 0 Å². The monoisotopic (exact) mass is 546 g/mol. The Bertz CT molecular complexity index is 1150. The Morgan fingerprint density at radius 3 is 1.30 bits per heavy atom. The molecule has 2 N–H and O–H groups in total. The summed E-state index contributed by atoms with van der Waals surface area (Å²) in [6, 6.07) is 7.81. The van der Waals surface area contributed by atoms with Crippen LogP contribution in [0.1, 0.15) is 105 Å². The zero-order valence-electron chi connectivity index (χ0n) is 26.0. The summed E-state index contributed by atoms with van der Waals surface area (Å²) < 4.78 is 0. The Hall–Kier alpha value is -2.56. The first-order valence-electron chi connectivity index (χ1n) is 14.8. The molecule has 0 atom stereocenters. The first kappa shape index (κ1) is 32.0. The van der Waals surface area contributed by atoms with E-state index in [9.17, 15) is 19.8 Å². The van der Waals surface area contributed by atoms with Gasteiger partial charge in [0, 0.05) is 35.2 Å². The van der Waals surface area contributed by atoms with Gasteiger partial charge in [0.05, 0.1) is 0 Å². The maximum atomic E-state index is 13.9. The summed E-state index contributed by atoms with van der Waals surface area (Å²) in [7, 11) is 0. The Labute approximate surface area is 242 Å². The first-order valence-corrected chi connectivity index (χ1v) is 14.8. The highest BCUT2D eigenvalue weighted by atomic mass is 16.3. The van der Waals surface area contributed by atoms with Gasteiger partial charge < -0.3 is 10.2 Å². The standard InChI is InChI=1S/C36H50O4/c1-33(2,23-37)17-11-13-25-19-35(5,6)21-29(31(25)39)27-15-9-10-16-28(27)30-22-36(7,8)20-26(32(30)40)14-12-18-34(3,4)24-38/h9-10,15-16,19-22,37-38H,11-14,17-18,23-24H2,1-8H3. The number of hydrogen-bond acceptors (Lipinski definition) is 4. The van der Waals surface area contributed by atoms with E-state index in [4.69, 9.17) is 0 Å². The normalized spacial score (nSPS) is 19.1. The molecule has 4 nitrogen and oxygen atoms in total. The molecule has 0 amide bonds. The number of carbonyl (C=O) groups excluding carboxylic acids is 2. The molecule has 0 spiro atoms. The Kier molecular flexibility index (Phi) is 9.69. The number of aliphatic hydroxyl groups excluding tert-OH is 2. The van der Waals surface area contributed by atoms with Crippen molar-refractivity contribution in [3.63, 3.8) is 0 Å². The summed E-state index contributed by atoms with van der Waals surface area (Å²) in [5.41, 5.74) is 3.61. The number of hydrogen-bond donors (Lipinski definition) is 2. The summed E-state index contributed by atoms with van der Waals surface area (Å²) in [5.74, 6) is 0.0531. The summed E-state index contributed by atoms with van der Waals surface area (Å²) in [4.78, 5) is 27.8. The van der Waals surface area contributed by atoms with Crippen molar-refractivity contribution in [3.05, 3.63) is 70.8 Å². The fourth-order valence-electron chi connectivity index (χ4n) is 5.73. The lowest BCUT2D eigenvalue weighted by Crippen LogP contribution is -2.22.